The molecule has 0 bridgehead atoms. The number of hydrogen-bond donors (Lipinski definition) is 2. The van der Waals surface area contributed by atoms with E-state index >= 15 is 0 Å². The largest absolute Gasteiger partial charge is 0.396 e. The number of rotatable bonds is 6. The lowest BCUT2D eigenvalue weighted by Crippen LogP contribution is -2.43. The van der Waals surface area contributed by atoms with Crippen LogP contribution in [-0.4, -0.2) is 24.2 Å². The highest BCUT2D eigenvalue weighted by Gasteiger charge is 2.35. The van der Waals surface area contributed by atoms with Crippen molar-refractivity contribution in [3.05, 3.63) is 0 Å². The lowest BCUT2D eigenvalue weighted by atomic mass is 9.79. The molecule has 1 fully saturated rings. The maximum absolute atomic E-state index is 12.2. The number of nitriles is 1. The summed E-state index contributed by atoms with van der Waals surface area (Å²) in [7, 11) is 0. The van der Waals surface area contributed by atoms with Crippen LogP contribution in [0.3, 0.4) is 0 Å². The average molecular weight is 266 g/mol. The van der Waals surface area contributed by atoms with Gasteiger partial charge in [0, 0.05) is 13.2 Å². The number of nitrogens with one attached hydrogen (secondary N) is 1. The van der Waals surface area contributed by atoms with Crippen LogP contribution in [0.15, 0.2) is 0 Å². The van der Waals surface area contributed by atoms with Crippen LogP contribution in [0.25, 0.3) is 0 Å². The molecule has 2 N–H and O–H groups in total. The third kappa shape index (κ3) is 3.70. The summed E-state index contributed by atoms with van der Waals surface area (Å²) in [6.45, 7) is 4.55. The Kier molecular flexibility index (Phi) is 6.30. The molecule has 1 saturated carbocycles. The van der Waals surface area contributed by atoms with Crippen LogP contribution in [-0.2, 0) is 4.79 Å². The second kappa shape index (κ2) is 7.49. The van der Waals surface area contributed by atoms with Crippen LogP contribution in [0.1, 0.15) is 52.4 Å². The summed E-state index contributed by atoms with van der Waals surface area (Å²) < 4.78 is 0. The molecule has 1 amide bonds. The van der Waals surface area contributed by atoms with E-state index in [2.05, 4.69) is 11.4 Å². The fourth-order valence-corrected chi connectivity index (χ4v) is 2.97. The smallest absolute Gasteiger partial charge is 0.240 e. The summed E-state index contributed by atoms with van der Waals surface area (Å²) >= 11 is 0. The Morgan fingerprint density at radius 1 is 1.32 bits per heavy atom. The molecule has 1 aliphatic rings. The number of hydrogen-bond acceptors (Lipinski definition) is 3. The van der Waals surface area contributed by atoms with Crippen molar-refractivity contribution in [1.29, 1.82) is 5.26 Å². The molecule has 1 rings (SSSR count). The van der Waals surface area contributed by atoms with Gasteiger partial charge in [-0.2, -0.15) is 5.26 Å². The fourth-order valence-electron chi connectivity index (χ4n) is 2.97. The van der Waals surface area contributed by atoms with Gasteiger partial charge in [0.1, 0.15) is 5.41 Å². The van der Waals surface area contributed by atoms with Gasteiger partial charge < -0.3 is 10.4 Å². The van der Waals surface area contributed by atoms with E-state index in [4.69, 9.17) is 0 Å². The van der Waals surface area contributed by atoms with Gasteiger partial charge in [-0.25, -0.2) is 0 Å². The third-order valence-corrected chi connectivity index (χ3v) is 4.68. The Bertz CT molecular complexity index is 332. The quantitative estimate of drug-likeness (QED) is 0.774. The molecule has 19 heavy (non-hydrogen) atoms. The minimum Gasteiger partial charge on any atom is -0.396 e. The maximum Gasteiger partial charge on any atom is 0.240 e. The minimum absolute atomic E-state index is 0.151. The van der Waals surface area contributed by atoms with Crippen LogP contribution >= 0.6 is 0 Å². The summed E-state index contributed by atoms with van der Waals surface area (Å²) in [6, 6.07) is 2.17. The normalized spacial score (nSPS) is 23.7. The van der Waals surface area contributed by atoms with E-state index in [0.717, 1.165) is 12.8 Å². The predicted molar refractivity (Wildman–Crippen MR) is 74.2 cm³/mol. The van der Waals surface area contributed by atoms with E-state index in [1.54, 1.807) is 0 Å². The van der Waals surface area contributed by atoms with Gasteiger partial charge in [-0.1, -0.05) is 26.7 Å². The molecule has 2 atom stereocenters. The topological polar surface area (TPSA) is 73.1 Å². The zero-order chi connectivity index (χ0) is 14.3. The number of nitrogens with zero attached hydrogens (tertiary/aromatic N) is 1. The molecule has 0 spiro atoms. The third-order valence-electron chi connectivity index (χ3n) is 4.68. The van der Waals surface area contributed by atoms with Gasteiger partial charge in [0.05, 0.1) is 6.07 Å². The van der Waals surface area contributed by atoms with Crippen molar-refractivity contribution < 1.29 is 9.90 Å². The number of carbonyl (C=O) groups is 1. The first-order chi connectivity index (χ1) is 9.13. The van der Waals surface area contributed by atoms with Gasteiger partial charge in [-0.15, -0.1) is 0 Å². The van der Waals surface area contributed by atoms with Crippen LogP contribution < -0.4 is 5.32 Å². The van der Waals surface area contributed by atoms with Gasteiger partial charge in [0.15, 0.2) is 0 Å². The number of carbonyl (C=O) groups excluding carboxylic acids is 1. The van der Waals surface area contributed by atoms with Crippen molar-refractivity contribution in [2.75, 3.05) is 13.2 Å². The summed E-state index contributed by atoms with van der Waals surface area (Å²) in [5.74, 6) is 0.504. The molecule has 0 radical (unpaired) electrons. The first-order valence-corrected chi connectivity index (χ1v) is 7.44. The zero-order valence-electron chi connectivity index (χ0n) is 12.1. The van der Waals surface area contributed by atoms with Crippen LogP contribution in [0.2, 0.25) is 0 Å². The van der Waals surface area contributed by atoms with E-state index in [1.165, 1.54) is 12.8 Å². The van der Waals surface area contributed by atoms with Gasteiger partial charge in [0.25, 0.3) is 0 Å². The molecule has 2 unspecified atom stereocenters. The second-order valence-electron chi connectivity index (χ2n) is 5.60. The Morgan fingerprint density at radius 2 is 1.89 bits per heavy atom. The first-order valence-electron chi connectivity index (χ1n) is 7.44. The van der Waals surface area contributed by atoms with Crippen LogP contribution in [0.5, 0.6) is 0 Å². The van der Waals surface area contributed by atoms with Gasteiger partial charge >= 0.3 is 0 Å². The Hall–Kier alpha value is -1.08. The molecule has 108 valence electrons. The average Bonchev–Trinajstić information content (AvgIpc) is 2.47. The standard InChI is InChI=1S/C15H26N2O2/c1-3-15(4-2,11-16)14(19)17-9-12-7-5-6-8-13(12)10-18/h12-13,18H,3-10H2,1-2H3,(H,17,19). The highest BCUT2D eigenvalue weighted by molar-refractivity contribution is 5.85. The molecule has 0 aliphatic heterocycles. The molecular formula is C15H26N2O2. The molecule has 0 aromatic carbocycles. The van der Waals surface area contributed by atoms with Gasteiger partial charge in [-0.3, -0.25) is 4.79 Å². The van der Waals surface area contributed by atoms with Gasteiger partial charge in [0.2, 0.25) is 5.91 Å². The number of amides is 1. The number of aliphatic hydroxyl groups is 1. The van der Waals surface area contributed by atoms with Gasteiger partial charge in [-0.05, 0) is 37.5 Å². The van der Waals surface area contributed by atoms with Crippen molar-refractivity contribution >= 4 is 5.91 Å². The molecule has 4 nitrogen and oxygen atoms in total. The molecule has 0 aromatic rings. The van der Waals surface area contributed by atoms with Crippen molar-refractivity contribution in [2.24, 2.45) is 17.3 Å². The summed E-state index contributed by atoms with van der Waals surface area (Å²) in [4.78, 5) is 12.2. The summed E-state index contributed by atoms with van der Waals surface area (Å²) in [5, 5.41) is 21.5. The maximum atomic E-state index is 12.2. The highest BCUT2D eigenvalue weighted by atomic mass is 16.3. The molecule has 1 aliphatic carbocycles. The Labute approximate surface area is 116 Å². The first kappa shape index (κ1) is 16.0. The Morgan fingerprint density at radius 3 is 2.37 bits per heavy atom. The second-order valence-corrected chi connectivity index (χ2v) is 5.60. The van der Waals surface area contributed by atoms with Crippen molar-refractivity contribution in [3.63, 3.8) is 0 Å². The molecule has 0 heterocycles. The minimum atomic E-state index is -0.886. The molecule has 0 aromatic heterocycles. The van der Waals surface area contributed by atoms with E-state index < -0.39 is 5.41 Å². The molecular weight excluding hydrogens is 240 g/mol. The lowest BCUT2D eigenvalue weighted by molar-refractivity contribution is -0.128. The summed E-state index contributed by atoms with van der Waals surface area (Å²) in [6.07, 6.45) is 5.52. The zero-order valence-corrected chi connectivity index (χ0v) is 12.1. The van der Waals surface area contributed by atoms with E-state index in [1.807, 2.05) is 13.8 Å². The van der Waals surface area contributed by atoms with E-state index in [-0.39, 0.29) is 12.5 Å². The highest BCUT2D eigenvalue weighted by Crippen LogP contribution is 2.30. The van der Waals surface area contributed by atoms with Crippen molar-refractivity contribution in [2.45, 2.75) is 52.4 Å². The number of aliphatic hydroxyl groups excluding tert-OH is 1. The predicted octanol–water partition coefficient (Wildman–Crippen LogP) is 2.23. The van der Waals surface area contributed by atoms with E-state index in [0.29, 0.717) is 31.2 Å². The fraction of sp³-hybridized carbons (Fsp3) is 0.867. The van der Waals surface area contributed by atoms with Crippen LogP contribution in [0.4, 0.5) is 0 Å². The van der Waals surface area contributed by atoms with Crippen LogP contribution in [0, 0.1) is 28.6 Å². The van der Waals surface area contributed by atoms with E-state index in [9.17, 15) is 15.2 Å². The lowest BCUT2D eigenvalue weighted by Gasteiger charge is -2.31. The van der Waals surface area contributed by atoms with Crippen molar-refractivity contribution in [3.8, 4) is 6.07 Å². The monoisotopic (exact) mass is 266 g/mol. The molecule has 4 heteroatoms. The Balaban J connectivity index is 2.55. The summed E-state index contributed by atoms with van der Waals surface area (Å²) in [5.41, 5.74) is -0.886. The SMILES string of the molecule is CCC(C#N)(CC)C(=O)NCC1CCCCC1CO. The van der Waals surface area contributed by atoms with Crippen molar-refractivity contribution in [1.82, 2.24) is 5.32 Å². The molecule has 0 saturated heterocycles.